The molecular formula is C28H29F7N4O3. The number of anilines is 1. The molecule has 7 nitrogen and oxygen atoms in total. The standard InChI is InChI=1S/C28H29F7N4O3/c1-36-13-17(6-9-24(36)40)25(41)39-14-22(16-4-7-20(29)8-5-16)23(15-39)38(3)26(42)37(2)21-11-18(27(30,31)32)10-19(12-21)28(33,34)35/h4-5,7-8,10-12,17,22-23H,6,9,13-15H2,1-3H3/t17?,22-,23+/m0/s1. The fourth-order valence-corrected chi connectivity index (χ4v) is 5.49. The Labute approximate surface area is 237 Å². The van der Waals surface area contributed by atoms with E-state index in [9.17, 15) is 45.1 Å². The van der Waals surface area contributed by atoms with Crippen molar-refractivity contribution in [2.75, 3.05) is 45.7 Å². The minimum atomic E-state index is -5.09. The number of urea groups is 1. The van der Waals surface area contributed by atoms with Crippen molar-refractivity contribution in [1.29, 1.82) is 0 Å². The lowest BCUT2D eigenvalue weighted by molar-refractivity contribution is -0.144. The third-order valence-electron chi connectivity index (χ3n) is 7.92. The van der Waals surface area contributed by atoms with Crippen LogP contribution in [0.2, 0.25) is 0 Å². The highest BCUT2D eigenvalue weighted by Gasteiger charge is 2.44. The van der Waals surface area contributed by atoms with E-state index in [2.05, 4.69) is 0 Å². The lowest BCUT2D eigenvalue weighted by Gasteiger charge is -2.33. The number of likely N-dealkylation sites (N-methyl/N-ethyl adjacent to an activating group) is 1. The van der Waals surface area contributed by atoms with E-state index >= 15 is 0 Å². The normalized spacial score (nSPS) is 21.5. The van der Waals surface area contributed by atoms with Gasteiger partial charge in [-0.25, -0.2) is 9.18 Å². The van der Waals surface area contributed by atoms with Crippen LogP contribution in [0.15, 0.2) is 42.5 Å². The molecule has 2 fully saturated rings. The van der Waals surface area contributed by atoms with E-state index < -0.39 is 58.9 Å². The monoisotopic (exact) mass is 602 g/mol. The topological polar surface area (TPSA) is 64.2 Å². The number of hydrogen-bond acceptors (Lipinski definition) is 3. The molecule has 0 bridgehead atoms. The SMILES string of the molecule is CN1CC(C(=O)N2C[C@@H](N(C)C(=O)N(C)c3cc(C(F)(F)F)cc(C(F)(F)F)c3)[C@H](c3ccc(F)cc3)C2)CCC1=O. The van der Waals surface area contributed by atoms with Gasteiger partial charge in [-0.1, -0.05) is 12.1 Å². The Balaban J connectivity index is 1.63. The molecule has 0 spiro atoms. The van der Waals surface area contributed by atoms with Gasteiger partial charge >= 0.3 is 18.4 Å². The van der Waals surface area contributed by atoms with Crippen LogP contribution in [0.25, 0.3) is 0 Å². The number of amides is 4. The van der Waals surface area contributed by atoms with Crippen molar-refractivity contribution in [3.8, 4) is 0 Å². The van der Waals surface area contributed by atoms with E-state index in [4.69, 9.17) is 0 Å². The lowest BCUT2D eigenvalue weighted by Crippen LogP contribution is -2.48. The average Bonchev–Trinajstić information content (AvgIpc) is 3.37. The number of piperidine rings is 1. The van der Waals surface area contributed by atoms with E-state index in [-0.39, 0.29) is 43.9 Å². The molecule has 228 valence electrons. The molecule has 2 saturated heterocycles. The van der Waals surface area contributed by atoms with Crippen LogP contribution >= 0.6 is 0 Å². The van der Waals surface area contributed by atoms with Crippen LogP contribution in [0.4, 0.5) is 41.2 Å². The number of likely N-dealkylation sites (tertiary alicyclic amines) is 2. The third kappa shape index (κ3) is 6.46. The van der Waals surface area contributed by atoms with E-state index in [0.717, 1.165) is 7.05 Å². The van der Waals surface area contributed by atoms with E-state index in [1.165, 1.54) is 46.0 Å². The van der Waals surface area contributed by atoms with E-state index in [1.807, 2.05) is 0 Å². The molecule has 0 radical (unpaired) electrons. The summed E-state index contributed by atoms with van der Waals surface area (Å²) < 4.78 is 94.2. The van der Waals surface area contributed by atoms with Crippen molar-refractivity contribution < 1.29 is 45.1 Å². The van der Waals surface area contributed by atoms with Crippen molar-refractivity contribution in [2.45, 2.75) is 37.2 Å². The lowest BCUT2D eigenvalue weighted by atomic mass is 9.93. The highest BCUT2D eigenvalue weighted by atomic mass is 19.4. The molecule has 0 N–H and O–H groups in total. The predicted molar refractivity (Wildman–Crippen MR) is 138 cm³/mol. The summed E-state index contributed by atoms with van der Waals surface area (Å²) in [5.74, 6) is -1.85. The fraction of sp³-hybridized carbons (Fsp3) is 0.464. The van der Waals surface area contributed by atoms with Crippen molar-refractivity contribution in [3.63, 3.8) is 0 Å². The first-order chi connectivity index (χ1) is 19.5. The second-order valence-corrected chi connectivity index (χ2v) is 10.7. The quantitative estimate of drug-likeness (QED) is 0.452. The first-order valence-corrected chi connectivity index (χ1v) is 13.1. The highest BCUT2D eigenvalue weighted by Crippen LogP contribution is 2.39. The number of carbonyl (C=O) groups is 3. The number of carbonyl (C=O) groups excluding carboxylic acids is 3. The number of halogens is 7. The predicted octanol–water partition coefficient (Wildman–Crippen LogP) is 5.21. The maximum Gasteiger partial charge on any atom is 0.416 e. The van der Waals surface area contributed by atoms with Crippen LogP contribution < -0.4 is 4.90 Å². The number of rotatable bonds is 4. The first kappa shape index (κ1) is 31.1. The molecule has 2 aromatic carbocycles. The van der Waals surface area contributed by atoms with Crippen LogP contribution in [0.1, 0.15) is 35.4 Å². The van der Waals surface area contributed by atoms with Crippen LogP contribution in [0, 0.1) is 11.7 Å². The summed E-state index contributed by atoms with van der Waals surface area (Å²) in [7, 11) is 4.00. The molecule has 4 rings (SSSR count). The summed E-state index contributed by atoms with van der Waals surface area (Å²) >= 11 is 0. The Morgan fingerprint density at radius 3 is 1.98 bits per heavy atom. The smallest absolute Gasteiger partial charge is 0.345 e. The van der Waals surface area contributed by atoms with Gasteiger partial charge < -0.3 is 14.7 Å². The summed E-state index contributed by atoms with van der Waals surface area (Å²) in [5.41, 5.74) is -3.15. The van der Waals surface area contributed by atoms with Crippen molar-refractivity contribution in [3.05, 3.63) is 65.0 Å². The summed E-state index contributed by atoms with van der Waals surface area (Å²) in [6.07, 6.45) is -9.64. The van der Waals surface area contributed by atoms with Crippen LogP contribution in [0.5, 0.6) is 0 Å². The van der Waals surface area contributed by atoms with Gasteiger partial charge in [0, 0.05) is 58.8 Å². The molecule has 2 heterocycles. The number of hydrogen-bond donors (Lipinski definition) is 0. The van der Waals surface area contributed by atoms with E-state index in [0.29, 0.717) is 29.0 Å². The molecule has 14 heteroatoms. The highest BCUT2D eigenvalue weighted by molar-refractivity contribution is 5.92. The van der Waals surface area contributed by atoms with Crippen LogP contribution in [0.3, 0.4) is 0 Å². The second-order valence-electron chi connectivity index (χ2n) is 10.7. The van der Waals surface area contributed by atoms with Gasteiger partial charge in [0.05, 0.1) is 23.1 Å². The number of alkyl halides is 6. The molecule has 2 aromatic rings. The minimum absolute atomic E-state index is 0.0154. The van der Waals surface area contributed by atoms with Gasteiger partial charge in [-0.15, -0.1) is 0 Å². The second kappa shape index (κ2) is 11.4. The Kier molecular flexibility index (Phi) is 8.47. The average molecular weight is 603 g/mol. The Hall–Kier alpha value is -3.84. The molecule has 4 amide bonds. The minimum Gasteiger partial charge on any atom is -0.345 e. The maximum absolute atomic E-state index is 13.7. The van der Waals surface area contributed by atoms with Gasteiger partial charge in [0.1, 0.15) is 5.82 Å². The molecule has 2 aliphatic rings. The summed E-state index contributed by atoms with van der Waals surface area (Å²) in [5, 5.41) is 0. The zero-order chi connectivity index (χ0) is 31.1. The molecule has 0 aliphatic carbocycles. The fourth-order valence-electron chi connectivity index (χ4n) is 5.49. The van der Waals surface area contributed by atoms with Gasteiger partial charge in [0.15, 0.2) is 0 Å². The first-order valence-electron chi connectivity index (χ1n) is 13.1. The van der Waals surface area contributed by atoms with Crippen molar-refractivity contribution >= 4 is 23.5 Å². The zero-order valence-corrected chi connectivity index (χ0v) is 23.0. The van der Waals surface area contributed by atoms with Crippen molar-refractivity contribution in [1.82, 2.24) is 14.7 Å². The molecule has 1 unspecified atom stereocenters. The maximum atomic E-state index is 13.7. The summed E-state index contributed by atoms with van der Waals surface area (Å²) in [4.78, 5) is 43.7. The number of nitrogens with zero attached hydrogens (tertiary/aromatic N) is 4. The van der Waals surface area contributed by atoms with Gasteiger partial charge in [0.2, 0.25) is 11.8 Å². The Bertz CT molecular complexity index is 1310. The third-order valence-corrected chi connectivity index (χ3v) is 7.92. The zero-order valence-electron chi connectivity index (χ0n) is 23.0. The molecule has 3 atom stereocenters. The van der Waals surface area contributed by atoms with Gasteiger partial charge in [-0.3, -0.25) is 14.5 Å². The van der Waals surface area contributed by atoms with Gasteiger partial charge in [-0.2, -0.15) is 26.3 Å². The van der Waals surface area contributed by atoms with Crippen LogP contribution in [-0.4, -0.2) is 79.4 Å². The van der Waals surface area contributed by atoms with Crippen molar-refractivity contribution in [2.24, 2.45) is 5.92 Å². The largest absolute Gasteiger partial charge is 0.416 e. The Morgan fingerprint density at radius 1 is 0.881 bits per heavy atom. The molecule has 0 saturated carbocycles. The molecule has 2 aliphatic heterocycles. The number of benzene rings is 2. The summed E-state index contributed by atoms with van der Waals surface area (Å²) in [6.45, 7) is 0.364. The summed E-state index contributed by atoms with van der Waals surface area (Å²) in [6, 6.07) is 4.68. The molecular weight excluding hydrogens is 573 g/mol. The van der Waals surface area contributed by atoms with Gasteiger partial charge in [0.25, 0.3) is 0 Å². The van der Waals surface area contributed by atoms with Gasteiger partial charge in [-0.05, 0) is 42.3 Å². The van der Waals surface area contributed by atoms with E-state index in [1.54, 1.807) is 7.05 Å². The van der Waals surface area contributed by atoms with Crippen LogP contribution in [-0.2, 0) is 21.9 Å². The molecule has 0 aromatic heterocycles. The molecule has 42 heavy (non-hydrogen) atoms. The Morgan fingerprint density at radius 2 is 1.45 bits per heavy atom.